The third-order valence-electron chi connectivity index (χ3n) is 4.54. The zero-order valence-electron chi connectivity index (χ0n) is 9.45. The molecule has 0 radical (unpaired) electrons. The van der Waals surface area contributed by atoms with Gasteiger partial charge in [-0.05, 0) is 38.5 Å². The Kier molecular flexibility index (Phi) is 2.23. The van der Waals surface area contributed by atoms with E-state index >= 15 is 0 Å². The number of hydrogen-bond acceptors (Lipinski definition) is 3. The first-order valence-corrected chi connectivity index (χ1v) is 6.32. The van der Waals surface area contributed by atoms with Crippen LogP contribution in [0.25, 0.3) is 0 Å². The summed E-state index contributed by atoms with van der Waals surface area (Å²) in [7, 11) is 0. The first-order chi connectivity index (χ1) is 7.25. The van der Waals surface area contributed by atoms with E-state index < -0.39 is 0 Å². The molecule has 0 spiro atoms. The van der Waals surface area contributed by atoms with E-state index in [2.05, 4.69) is 12.2 Å². The van der Waals surface area contributed by atoms with Crippen molar-refractivity contribution in [3.8, 4) is 0 Å². The van der Waals surface area contributed by atoms with Crippen molar-refractivity contribution >= 4 is 5.84 Å². The molecule has 5 atom stereocenters. The van der Waals surface area contributed by atoms with Crippen LogP contribution in [0.1, 0.15) is 39.0 Å². The van der Waals surface area contributed by atoms with Crippen molar-refractivity contribution < 1.29 is 0 Å². The molecule has 5 unspecified atom stereocenters. The molecule has 0 amide bonds. The van der Waals surface area contributed by atoms with E-state index in [1.807, 2.05) is 0 Å². The Morgan fingerprint density at radius 3 is 3.00 bits per heavy atom. The fourth-order valence-electron chi connectivity index (χ4n) is 3.91. The predicted molar refractivity (Wildman–Crippen MR) is 61.9 cm³/mol. The second-order valence-electron chi connectivity index (χ2n) is 5.47. The Morgan fingerprint density at radius 1 is 1.27 bits per heavy atom. The van der Waals surface area contributed by atoms with Crippen molar-refractivity contribution in [3.05, 3.63) is 0 Å². The Hall–Kier alpha value is -0.570. The summed E-state index contributed by atoms with van der Waals surface area (Å²) in [5, 5.41) is 3.56. The smallest absolute Gasteiger partial charge is 0.0938 e. The third-order valence-corrected chi connectivity index (χ3v) is 4.54. The third kappa shape index (κ3) is 1.48. The molecule has 3 heteroatoms. The molecule has 2 saturated carbocycles. The molecule has 15 heavy (non-hydrogen) atoms. The van der Waals surface area contributed by atoms with Gasteiger partial charge >= 0.3 is 0 Å². The molecular weight excluding hydrogens is 186 g/mol. The number of nitrogens with one attached hydrogen (secondary N) is 1. The Balaban J connectivity index is 1.93. The summed E-state index contributed by atoms with van der Waals surface area (Å²) in [5.41, 5.74) is 6.22. The topological polar surface area (TPSA) is 50.4 Å². The van der Waals surface area contributed by atoms with E-state index in [9.17, 15) is 0 Å². The Labute approximate surface area is 91.5 Å². The largest absolute Gasteiger partial charge is 0.371 e. The van der Waals surface area contributed by atoms with E-state index in [1.54, 1.807) is 0 Å². The minimum absolute atomic E-state index is 0.309. The van der Waals surface area contributed by atoms with Crippen LogP contribution in [0.5, 0.6) is 0 Å². The van der Waals surface area contributed by atoms with Crippen LogP contribution in [0.3, 0.4) is 0 Å². The second kappa shape index (κ2) is 3.48. The molecule has 3 nitrogen and oxygen atoms in total. The quantitative estimate of drug-likeness (QED) is 0.628. The number of rotatable bonds is 0. The first-order valence-electron chi connectivity index (χ1n) is 6.32. The summed E-state index contributed by atoms with van der Waals surface area (Å²) in [6, 6.07) is 1.39. The van der Waals surface area contributed by atoms with Gasteiger partial charge in [-0.15, -0.1) is 0 Å². The zero-order chi connectivity index (χ0) is 10.4. The van der Waals surface area contributed by atoms with Crippen molar-refractivity contribution in [2.45, 2.75) is 57.2 Å². The molecule has 2 aliphatic carbocycles. The van der Waals surface area contributed by atoms with Crippen molar-refractivity contribution in [1.29, 1.82) is 0 Å². The lowest BCUT2D eigenvalue weighted by atomic mass is 9.64. The molecule has 0 aromatic heterocycles. The van der Waals surface area contributed by atoms with Gasteiger partial charge in [0.25, 0.3) is 0 Å². The molecule has 0 aromatic carbocycles. The van der Waals surface area contributed by atoms with Gasteiger partial charge in [0.1, 0.15) is 0 Å². The lowest BCUT2D eigenvalue weighted by Gasteiger charge is -2.49. The highest BCUT2D eigenvalue weighted by Crippen LogP contribution is 2.42. The summed E-state index contributed by atoms with van der Waals surface area (Å²) in [5.74, 6) is 2.73. The van der Waals surface area contributed by atoms with Gasteiger partial charge in [-0.25, -0.2) is 0 Å². The van der Waals surface area contributed by atoms with Gasteiger partial charge in [-0.3, -0.25) is 4.99 Å². The SMILES string of the molecule is CC1=NC2C(N)CCC3CCCC(N1)C32. The van der Waals surface area contributed by atoms with Gasteiger partial charge in [0.2, 0.25) is 0 Å². The molecule has 3 aliphatic rings. The maximum atomic E-state index is 6.22. The monoisotopic (exact) mass is 207 g/mol. The lowest BCUT2D eigenvalue weighted by molar-refractivity contribution is 0.0947. The van der Waals surface area contributed by atoms with Crippen LogP contribution >= 0.6 is 0 Å². The Morgan fingerprint density at radius 2 is 2.13 bits per heavy atom. The highest BCUT2D eigenvalue weighted by molar-refractivity contribution is 5.80. The summed E-state index contributed by atoms with van der Waals surface area (Å²) in [4.78, 5) is 4.75. The lowest BCUT2D eigenvalue weighted by Crippen LogP contribution is -2.59. The molecule has 84 valence electrons. The van der Waals surface area contributed by atoms with E-state index in [4.69, 9.17) is 10.7 Å². The molecule has 2 fully saturated rings. The number of hydrogen-bond donors (Lipinski definition) is 2. The molecule has 0 bridgehead atoms. The minimum atomic E-state index is 0.309. The van der Waals surface area contributed by atoms with Crippen LogP contribution in [0.2, 0.25) is 0 Å². The highest BCUT2D eigenvalue weighted by Gasteiger charge is 2.45. The van der Waals surface area contributed by atoms with Crippen LogP contribution in [-0.2, 0) is 0 Å². The maximum Gasteiger partial charge on any atom is 0.0938 e. The maximum absolute atomic E-state index is 6.22. The molecule has 1 aliphatic heterocycles. The molecule has 0 aromatic rings. The van der Waals surface area contributed by atoms with Gasteiger partial charge in [0, 0.05) is 18.0 Å². The van der Waals surface area contributed by atoms with Crippen LogP contribution in [0.15, 0.2) is 4.99 Å². The van der Waals surface area contributed by atoms with E-state index in [-0.39, 0.29) is 0 Å². The van der Waals surface area contributed by atoms with Crippen LogP contribution in [0.4, 0.5) is 0 Å². The van der Waals surface area contributed by atoms with Crippen LogP contribution < -0.4 is 11.1 Å². The van der Waals surface area contributed by atoms with Gasteiger partial charge < -0.3 is 11.1 Å². The minimum Gasteiger partial charge on any atom is -0.371 e. The predicted octanol–water partition coefficient (Wildman–Crippen LogP) is 1.28. The zero-order valence-corrected chi connectivity index (χ0v) is 9.45. The number of amidine groups is 1. The molecule has 3 rings (SSSR count). The second-order valence-corrected chi connectivity index (χ2v) is 5.47. The van der Waals surface area contributed by atoms with Crippen molar-refractivity contribution in [1.82, 2.24) is 5.32 Å². The summed E-state index contributed by atoms with van der Waals surface area (Å²) in [6.07, 6.45) is 6.61. The van der Waals surface area contributed by atoms with Gasteiger partial charge in [0.05, 0.1) is 11.9 Å². The van der Waals surface area contributed by atoms with Crippen molar-refractivity contribution in [2.24, 2.45) is 22.6 Å². The number of aliphatic imine (C=N–C) groups is 1. The van der Waals surface area contributed by atoms with E-state index in [1.165, 1.54) is 32.1 Å². The molecule has 1 heterocycles. The Bertz CT molecular complexity index is 287. The first kappa shape index (κ1) is 9.64. The van der Waals surface area contributed by atoms with E-state index in [0.717, 1.165) is 17.7 Å². The number of nitrogens with two attached hydrogens (primary N) is 1. The molecule has 3 N–H and O–H groups in total. The van der Waals surface area contributed by atoms with Gasteiger partial charge in [-0.2, -0.15) is 0 Å². The summed E-state index contributed by atoms with van der Waals surface area (Å²) in [6.45, 7) is 2.08. The fraction of sp³-hybridized carbons (Fsp3) is 0.917. The summed E-state index contributed by atoms with van der Waals surface area (Å²) < 4.78 is 0. The van der Waals surface area contributed by atoms with Gasteiger partial charge in [0.15, 0.2) is 0 Å². The average molecular weight is 207 g/mol. The van der Waals surface area contributed by atoms with Gasteiger partial charge in [-0.1, -0.05) is 6.42 Å². The van der Waals surface area contributed by atoms with Crippen molar-refractivity contribution in [2.75, 3.05) is 0 Å². The standard InChI is InChI=1S/C12H21N3/c1-7-14-10-4-2-3-8-5-6-9(13)12(15-7)11(8)10/h8-12H,2-6,13H2,1H3,(H,14,15). The molecular formula is C12H21N3. The van der Waals surface area contributed by atoms with Crippen LogP contribution in [0, 0.1) is 11.8 Å². The van der Waals surface area contributed by atoms with Crippen LogP contribution in [-0.4, -0.2) is 24.0 Å². The van der Waals surface area contributed by atoms with E-state index in [0.29, 0.717) is 18.1 Å². The average Bonchev–Trinajstić information content (AvgIpc) is 2.23. The normalized spacial score (nSPS) is 48.9. The number of nitrogens with zero attached hydrogens (tertiary/aromatic N) is 1. The fourth-order valence-corrected chi connectivity index (χ4v) is 3.91. The summed E-state index contributed by atoms with van der Waals surface area (Å²) >= 11 is 0. The molecule has 0 saturated heterocycles. The van der Waals surface area contributed by atoms with Crippen molar-refractivity contribution in [3.63, 3.8) is 0 Å². The highest BCUT2D eigenvalue weighted by atomic mass is 15.1.